The Kier molecular flexibility index (Phi) is 4.40. The lowest BCUT2D eigenvalue weighted by atomic mass is 9.91. The van der Waals surface area contributed by atoms with Crippen LogP contribution in [0.15, 0.2) is 70.1 Å². The van der Waals surface area contributed by atoms with E-state index >= 15 is 0 Å². The van der Waals surface area contributed by atoms with Crippen molar-refractivity contribution < 1.29 is 14.1 Å². The van der Waals surface area contributed by atoms with Gasteiger partial charge in [0.25, 0.3) is 11.5 Å². The molecular weight excluding hydrogens is 410 g/mol. The number of carbonyl (C=O) groups excluding carboxylic acids is 2. The Morgan fingerprint density at radius 2 is 1.88 bits per heavy atom. The van der Waals surface area contributed by atoms with Crippen molar-refractivity contribution >= 4 is 22.7 Å². The molecule has 9 nitrogen and oxygen atoms in total. The predicted octanol–water partition coefficient (Wildman–Crippen LogP) is 2.72. The molecule has 2 aromatic heterocycles. The summed E-state index contributed by atoms with van der Waals surface area (Å²) in [5, 5.41) is 10.4. The summed E-state index contributed by atoms with van der Waals surface area (Å²) in [7, 11) is 0. The van der Waals surface area contributed by atoms with Crippen molar-refractivity contribution in [1.82, 2.24) is 25.3 Å². The quantitative estimate of drug-likeness (QED) is 0.482. The molecule has 32 heavy (non-hydrogen) atoms. The second-order valence-corrected chi connectivity index (χ2v) is 7.86. The summed E-state index contributed by atoms with van der Waals surface area (Å²) in [5.41, 5.74) is -0.131. The van der Waals surface area contributed by atoms with E-state index < -0.39 is 23.5 Å². The van der Waals surface area contributed by atoms with Crippen molar-refractivity contribution in [2.24, 2.45) is 0 Å². The highest BCUT2D eigenvalue weighted by Crippen LogP contribution is 2.28. The van der Waals surface area contributed by atoms with Gasteiger partial charge in [-0.15, -0.1) is 0 Å². The molecule has 1 saturated heterocycles. The summed E-state index contributed by atoms with van der Waals surface area (Å²) >= 11 is 0. The highest BCUT2D eigenvalue weighted by molar-refractivity contribution is 6.07. The molecule has 9 heteroatoms. The fraction of sp³-hybridized carbons (Fsp3) is 0.174. The van der Waals surface area contributed by atoms with E-state index in [4.69, 9.17) is 4.52 Å². The van der Waals surface area contributed by atoms with Gasteiger partial charge >= 0.3 is 6.03 Å². The van der Waals surface area contributed by atoms with Crippen LogP contribution in [-0.4, -0.2) is 26.6 Å². The molecule has 0 aliphatic carbocycles. The summed E-state index contributed by atoms with van der Waals surface area (Å²) in [5.74, 6) is 0.162. The van der Waals surface area contributed by atoms with Gasteiger partial charge in [-0.3, -0.25) is 14.9 Å². The van der Waals surface area contributed by atoms with Crippen molar-refractivity contribution in [3.05, 3.63) is 82.6 Å². The van der Waals surface area contributed by atoms with Gasteiger partial charge in [0.1, 0.15) is 11.6 Å². The molecule has 1 fully saturated rings. The first-order valence-corrected chi connectivity index (χ1v) is 10.0. The zero-order valence-corrected chi connectivity index (χ0v) is 17.3. The van der Waals surface area contributed by atoms with Crippen LogP contribution in [0.4, 0.5) is 4.79 Å². The number of pyridine rings is 1. The van der Waals surface area contributed by atoms with E-state index in [2.05, 4.69) is 20.8 Å². The lowest BCUT2D eigenvalue weighted by molar-refractivity contribution is -0.123. The number of hydrogen-bond acceptors (Lipinski definition) is 6. The standard InChI is InChI=1S/C23H19N5O4/c1-13(28-11-10-14-6-3-4-9-17(14)20(28)29)19-24-18(27-32-19)15-7-5-8-16(12-15)23(2)21(30)25-22(31)26-23/h3-13H,1-2H3,(H2,25,26,30,31). The molecular formula is C23H19N5O4. The highest BCUT2D eigenvalue weighted by atomic mass is 16.5. The lowest BCUT2D eigenvalue weighted by Crippen LogP contribution is -2.40. The molecule has 2 aromatic carbocycles. The van der Waals surface area contributed by atoms with Crippen molar-refractivity contribution in [2.75, 3.05) is 0 Å². The van der Waals surface area contributed by atoms with E-state index in [0.29, 0.717) is 22.3 Å². The summed E-state index contributed by atoms with van der Waals surface area (Å²) in [6, 6.07) is 15.2. The number of imide groups is 1. The molecule has 3 heterocycles. The van der Waals surface area contributed by atoms with Gasteiger partial charge in [0.05, 0.1) is 0 Å². The number of carbonyl (C=O) groups is 2. The first-order valence-electron chi connectivity index (χ1n) is 10.0. The Labute approximate surface area is 182 Å². The first-order chi connectivity index (χ1) is 15.4. The summed E-state index contributed by atoms with van der Waals surface area (Å²) in [6.07, 6.45) is 1.71. The largest absolute Gasteiger partial charge is 0.337 e. The van der Waals surface area contributed by atoms with Crippen molar-refractivity contribution in [3.8, 4) is 11.4 Å². The normalized spacial score (nSPS) is 19.1. The monoisotopic (exact) mass is 429 g/mol. The number of aromatic nitrogens is 3. The number of benzene rings is 2. The molecule has 0 radical (unpaired) electrons. The van der Waals surface area contributed by atoms with Gasteiger partial charge in [-0.05, 0) is 43.0 Å². The zero-order valence-electron chi connectivity index (χ0n) is 17.3. The van der Waals surface area contributed by atoms with Gasteiger partial charge in [0.15, 0.2) is 0 Å². The van der Waals surface area contributed by atoms with Gasteiger partial charge in [0, 0.05) is 17.1 Å². The topological polar surface area (TPSA) is 119 Å². The molecule has 3 amide bonds. The molecule has 1 aliphatic heterocycles. The Hall–Kier alpha value is -4.27. The van der Waals surface area contributed by atoms with Crippen molar-refractivity contribution in [2.45, 2.75) is 25.4 Å². The van der Waals surface area contributed by atoms with E-state index in [0.717, 1.165) is 5.39 Å². The Morgan fingerprint density at radius 1 is 1.06 bits per heavy atom. The fourth-order valence-corrected chi connectivity index (χ4v) is 3.87. The third kappa shape index (κ3) is 3.06. The van der Waals surface area contributed by atoms with Crippen LogP contribution in [0.2, 0.25) is 0 Å². The molecule has 0 saturated carbocycles. The van der Waals surface area contributed by atoms with E-state index in [9.17, 15) is 14.4 Å². The summed E-state index contributed by atoms with van der Waals surface area (Å²) < 4.78 is 7.01. The van der Waals surface area contributed by atoms with E-state index in [-0.39, 0.29) is 11.4 Å². The third-order valence-corrected chi connectivity index (χ3v) is 5.80. The molecule has 4 aromatic rings. The average Bonchev–Trinajstić information content (AvgIpc) is 3.39. The molecule has 0 bridgehead atoms. The number of hydrogen-bond donors (Lipinski definition) is 2. The predicted molar refractivity (Wildman–Crippen MR) is 116 cm³/mol. The van der Waals surface area contributed by atoms with Crippen LogP contribution >= 0.6 is 0 Å². The minimum Gasteiger partial charge on any atom is -0.337 e. The minimum atomic E-state index is -1.19. The SMILES string of the molecule is CC(c1nc(-c2cccc(C3(C)NC(=O)NC3=O)c2)no1)n1ccc2ccccc2c1=O. The van der Waals surface area contributed by atoms with E-state index in [1.165, 1.54) is 0 Å². The maximum absolute atomic E-state index is 12.9. The van der Waals surface area contributed by atoms with Crippen LogP contribution in [0.5, 0.6) is 0 Å². The van der Waals surface area contributed by atoms with Crippen LogP contribution < -0.4 is 16.2 Å². The van der Waals surface area contributed by atoms with Gasteiger partial charge in [-0.2, -0.15) is 4.98 Å². The molecule has 1 aliphatic rings. The van der Waals surface area contributed by atoms with Crippen LogP contribution in [0.1, 0.15) is 31.3 Å². The average molecular weight is 429 g/mol. The van der Waals surface area contributed by atoms with Crippen molar-refractivity contribution in [3.63, 3.8) is 0 Å². The van der Waals surface area contributed by atoms with Gasteiger partial charge in [-0.25, -0.2) is 4.79 Å². The first kappa shape index (κ1) is 19.7. The summed E-state index contributed by atoms with van der Waals surface area (Å²) in [6.45, 7) is 3.44. The molecule has 2 atom stereocenters. The number of amides is 3. The third-order valence-electron chi connectivity index (χ3n) is 5.80. The molecule has 0 spiro atoms. The van der Waals surface area contributed by atoms with Gasteiger partial charge < -0.3 is 14.4 Å². The zero-order chi connectivity index (χ0) is 22.5. The Morgan fingerprint density at radius 3 is 2.66 bits per heavy atom. The highest BCUT2D eigenvalue weighted by Gasteiger charge is 2.43. The minimum absolute atomic E-state index is 0.145. The lowest BCUT2D eigenvalue weighted by Gasteiger charge is -2.21. The smallest absolute Gasteiger partial charge is 0.322 e. The summed E-state index contributed by atoms with van der Waals surface area (Å²) in [4.78, 5) is 41.2. The number of nitrogens with zero attached hydrogens (tertiary/aromatic N) is 3. The molecule has 2 unspecified atom stereocenters. The number of fused-ring (bicyclic) bond motifs is 1. The van der Waals surface area contributed by atoms with Crippen LogP contribution in [0.25, 0.3) is 22.2 Å². The second kappa shape index (κ2) is 7.16. The van der Waals surface area contributed by atoms with Crippen LogP contribution in [0.3, 0.4) is 0 Å². The van der Waals surface area contributed by atoms with Gasteiger partial charge in [-0.1, -0.05) is 41.6 Å². The fourth-order valence-electron chi connectivity index (χ4n) is 3.87. The van der Waals surface area contributed by atoms with E-state index in [1.54, 1.807) is 48.0 Å². The Bertz CT molecular complexity index is 1440. The molecule has 2 N–H and O–H groups in total. The van der Waals surface area contributed by atoms with E-state index in [1.807, 2.05) is 31.2 Å². The molecule has 5 rings (SSSR count). The maximum atomic E-state index is 12.9. The Balaban J connectivity index is 1.48. The van der Waals surface area contributed by atoms with Crippen molar-refractivity contribution in [1.29, 1.82) is 0 Å². The second-order valence-electron chi connectivity index (χ2n) is 7.86. The van der Waals surface area contributed by atoms with Crippen LogP contribution in [0, 0.1) is 0 Å². The van der Waals surface area contributed by atoms with Gasteiger partial charge in [0.2, 0.25) is 11.7 Å². The number of urea groups is 1. The molecule has 160 valence electrons. The number of rotatable bonds is 4. The number of nitrogens with one attached hydrogen (secondary N) is 2. The maximum Gasteiger partial charge on any atom is 0.322 e. The van der Waals surface area contributed by atoms with Crippen LogP contribution in [-0.2, 0) is 10.3 Å².